The van der Waals surface area contributed by atoms with Crippen LogP contribution >= 0.6 is 0 Å². The molecule has 0 amide bonds. The fourth-order valence-corrected chi connectivity index (χ4v) is 2.65. The van der Waals surface area contributed by atoms with Crippen LogP contribution < -0.4 is 10.2 Å². The third-order valence-electron chi connectivity index (χ3n) is 4.22. The van der Waals surface area contributed by atoms with Gasteiger partial charge in [-0.15, -0.1) is 0 Å². The number of para-hydroxylation sites is 1. The molecule has 2 unspecified atom stereocenters. The Hall–Kier alpha value is -1.55. The minimum atomic E-state index is -0.864. The van der Waals surface area contributed by atoms with Crippen molar-refractivity contribution in [3.05, 3.63) is 29.8 Å². The number of nitrogens with one attached hydrogen (secondary N) is 1. The van der Waals surface area contributed by atoms with Gasteiger partial charge in [-0.25, -0.2) is 0 Å². The minimum absolute atomic E-state index is 0.437. The molecular formula is C15H22N2O2. The fourth-order valence-electron chi connectivity index (χ4n) is 2.65. The maximum atomic E-state index is 11.3. The van der Waals surface area contributed by atoms with Crippen LogP contribution in [-0.4, -0.2) is 36.2 Å². The summed E-state index contributed by atoms with van der Waals surface area (Å²) in [7, 11) is 1.70. The summed E-state index contributed by atoms with van der Waals surface area (Å²) in [5.41, 5.74) is 1.74. The standard InChI is InChI=1S/C15H22N2O2/c1-11-10-12-6-4-5-7-13(12)17(11)9-8-15(2,16-3)14(18)19/h4-7,11,16H,8-10H2,1-3H3,(H,18,19). The van der Waals surface area contributed by atoms with Crippen molar-refractivity contribution in [3.63, 3.8) is 0 Å². The zero-order valence-electron chi connectivity index (χ0n) is 11.8. The summed E-state index contributed by atoms with van der Waals surface area (Å²) in [6.45, 7) is 4.68. The second kappa shape index (κ2) is 5.21. The Morgan fingerprint density at radius 3 is 2.84 bits per heavy atom. The van der Waals surface area contributed by atoms with Crippen molar-refractivity contribution >= 4 is 11.7 Å². The Morgan fingerprint density at radius 2 is 2.21 bits per heavy atom. The molecule has 1 aromatic carbocycles. The highest BCUT2D eigenvalue weighted by atomic mass is 16.4. The van der Waals surface area contributed by atoms with Gasteiger partial charge >= 0.3 is 5.97 Å². The molecule has 2 atom stereocenters. The van der Waals surface area contributed by atoms with E-state index in [0.717, 1.165) is 13.0 Å². The molecule has 1 aliphatic heterocycles. The number of carboxylic acids is 1. The van der Waals surface area contributed by atoms with Crippen molar-refractivity contribution in [1.82, 2.24) is 5.32 Å². The van der Waals surface area contributed by atoms with E-state index >= 15 is 0 Å². The van der Waals surface area contributed by atoms with Gasteiger partial charge < -0.3 is 15.3 Å². The molecule has 0 saturated carbocycles. The van der Waals surface area contributed by atoms with Crippen LogP contribution in [0.5, 0.6) is 0 Å². The largest absolute Gasteiger partial charge is 0.480 e. The smallest absolute Gasteiger partial charge is 0.323 e. The van der Waals surface area contributed by atoms with Crippen LogP contribution in [0.25, 0.3) is 0 Å². The van der Waals surface area contributed by atoms with Crippen molar-refractivity contribution in [2.24, 2.45) is 0 Å². The molecule has 1 heterocycles. The highest BCUT2D eigenvalue weighted by molar-refractivity contribution is 5.78. The molecule has 1 aliphatic rings. The monoisotopic (exact) mass is 262 g/mol. The zero-order chi connectivity index (χ0) is 14.0. The van der Waals surface area contributed by atoms with Crippen molar-refractivity contribution < 1.29 is 9.90 Å². The second-order valence-electron chi connectivity index (χ2n) is 5.51. The molecule has 1 aromatic rings. The average molecular weight is 262 g/mol. The Balaban J connectivity index is 2.10. The molecule has 104 valence electrons. The Morgan fingerprint density at radius 1 is 1.53 bits per heavy atom. The van der Waals surface area contributed by atoms with Gasteiger partial charge in [-0.1, -0.05) is 18.2 Å². The number of fused-ring (bicyclic) bond motifs is 1. The Bertz CT molecular complexity index is 475. The predicted molar refractivity (Wildman–Crippen MR) is 76.7 cm³/mol. The topological polar surface area (TPSA) is 52.6 Å². The first kappa shape index (κ1) is 13.9. The first-order valence-electron chi connectivity index (χ1n) is 6.75. The van der Waals surface area contributed by atoms with Gasteiger partial charge in [0.25, 0.3) is 0 Å². The third kappa shape index (κ3) is 2.59. The molecular weight excluding hydrogens is 240 g/mol. The summed E-state index contributed by atoms with van der Waals surface area (Å²) in [6, 6.07) is 8.81. The molecule has 2 N–H and O–H groups in total. The number of hydrogen-bond acceptors (Lipinski definition) is 3. The van der Waals surface area contributed by atoms with Gasteiger partial charge in [-0.2, -0.15) is 0 Å². The van der Waals surface area contributed by atoms with E-state index in [1.807, 2.05) is 6.07 Å². The number of hydrogen-bond donors (Lipinski definition) is 2. The molecule has 2 rings (SSSR count). The maximum absolute atomic E-state index is 11.3. The third-order valence-corrected chi connectivity index (χ3v) is 4.22. The summed E-state index contributed by atoms with van der Waals surface area (Å²) < 4.78 is 0. The molecule has 0 saturated heterocycles. The molecule has 4 nitrogen and oxygen atoms in total. The normalized spacial score (nSPS) is 21.0. The lowest BCUT2D eigenvalue weighted by Crippen LogP contribution is -2.50. The molecule has 0 fully saturated rings. The van der Waals surface area contributed by atoms with Crippen LogP contribution in [0.2, 0.25) is 0 Å². The van der Waals surface area contributed by atoms with Crippen LogP contribution in [-0.2, 0) is 11.2 Å². The van der Waals surface area contributed by atoms with Crippen molar-refractivity contribution in [1.29, 1.82) is 0 Å². The summed E-state index contributed by atoms with van der Waals surface area (Å²) in [4.78, 5) is 13.6. The summed E-state index contributed by atoms with van der Waals surface area (Å²) in [5, 5.41) is 12.2. The molecule has 4 heteroatoms. The highest BCUT2D eigenvalue weighted by Crippen LogP contribution is 2.32. The van der Waals surface area contributed by atoms with Crippen LogP contribution in [0, 0.1) is 0 Å². The van der Waals surface area contributed by atoms with E-state index in [4.69, 9.17) is 0 Å². The van der Waals surface area contributed by atoms with Gasteiger partial charge in [0.05, 0.1) is 0 Å². The van der Waals surface area contributed by atoms with Gasteiger partial charge in [-0.3, -0.25) is 4.79 Å². The highest BCUT2D eigenvalue weighted by Gasteiger charge is 2.33. The summed E-state index contributed by atoms with van der Waals surface area (Å²) in [5.74, 6) is -0.796. The quantitative estimate of drug-likeness (QED) is 0.851. The second-order valence-corrected chi connectivity index (χ2v) is 5.51. The fraction of sp³-hybridized carbons (Fsp3) is 0.533. The first-order valence-corrected chi connectivity index (χ1v) is 6.75. The molecule has 0 bridgehead atoms. The minimum Gasteiger partial charge on any atom is -0.480 e. The van der Waals surface area contributed by atoms with Crippen LogP contribution in [0.1, 0.15) is 25.8 Å². The lowest BCUT2D eigenvalue weighted by Gasteiger charge is -2.30. The van der Waals surface area contributed by atoms with Crippen LogP contribution in [0.3, 0.4) is 0 Å². The molecule has 0 aliphatic carbocycles. The van der Waals surface area contributed by atoms with Crippen LogP contribution in [0.4, 0.5) is 5.69 Å². The number of likely N-dealkylation sites (N-methyl/N-ethyl adjacent to an activating group) is 1. The number of aliphatic carboxylic acids is 1. The number of carboxylic acid groups (broad SMARTS) is 1. The maximum Gasteiger partial charge on any atom is 0.323 e. The SMILES string of the molecule is CNC(C)(CCN1c2ccccc2CC1C)C(=O)O. The van der Waals surface area contributed by atoms with E-state index in [-0.39, 0.29) is 0 Å². The number of nitrogens with zero attached hydrogens (tertiary/aromatic N) is 1. The lowest BCUT2D eigenvalue weighted by molar-refractivity contribution is -0.144. The number of anilines is 1. The van der Waals surface area contributed by atoms with Gasteiger partial charge in [-0.05, 0) is 45.4 Å². The van der Waals surface area contributed by atoms with Crippen molar-refractivity contribution in [2.75, 3.05) is 18.5 Å². The van der Waals surface area contributed by atoms with Crippen LogP contribution in [0.15, 0.2) is 24.3 Å². The summed E-state index contributed by atoms with van der Waals surface area (Å²) >= 11 is 0. The Labute approximate surface area is 114 Å². The molecule has 19 heavy (non-hydrogen) atoms. The molecule has 0 aromatic heterocycles. The van der Waals surface area contributed by atoms with E-state index in [1.54, 1.807) is 14.0 Å². The number of carbonyl (C=O) groups is 1. The zero-order valence-corrected chi connectivity index (χ0v) is 11.8. The van der Waals surface area contributed by atoms with Crippen molar-refractivity contribution in [2.45, 2.75) is 38.3 Å². The van der Waals surface area contributed by atoms with Gasteiger partial charge in [0.15, 0.2) is 0 Å². The van der Waals surface area contributed by atoms with E-state index < -0.39 is 11.5 Å². The van der Waals surface area contributed by atoms with Gasteiger partial charge in [0, 0.05) is 18.3 Å². The Kier molecular flexibility index (Phi) is 3.80. The first-order chi connectivity index (χ1) is 8.98. The van der Waals surface area contributed by atoms with E-state index in [9.17, 15) is 9.90 Å². The van der Waals surface area contributed by atoms with Gasteiger partial charge in [0.2, 0.25) is 0 Å². The van der Waals surface area contributed by atoms with Gasteiger partial charge in [0.1, 0.15) is 5.54 Å². The number of rotatable bonds is 5. The molecule has 0 radical (unpaired) electrons. The molecule has 0 spiro atoms. The number of benzene rings is 1. The average Bonchev–Trinajstić information content (AvgIpc) is 2.71. The predicted octanol–water partition coefficient (Wildman–Crippen LogP) is 1.89. The van der Waals surface area contributed by atoms with E-state index in [1.165, 1.54) is 11.3 Å². The van der Waals surface area contributed by atoms with Crippen molar-refractivity contribution in [3.8, 4) is 0 Å². The lowest BCUT2D eigenvalue weighted by atomic mass is 9.98. The van der Waals surface area contributed by atoms with E-state index in [0.29, 0.717) is 12.5 Å². The summed E-state index contributed by atoms with van der Waals surface area (Å²) in [6.07, 6.45) is 1.62. The van der Waals surface area contributed by atoms with E-state index in [2.05, 4.69) is 35.3 Å².